The normalized spacial score (nSPS) is 23.0. The second-order valence-corrected chi connectivity index (χ2v) is 3.39. The van der Waals surface area contributed by atoms with E-state index < -0.39 is 0 Å². The summed E-state index contributed by atoms with van der Waals surface area (Å²) in [4.78, 5) is 4.40. The number of rotatable bonds is 2. The Labute approximate surface area is 96.6 Å². The SMILES string of the molecule is [CH2-]CCC1[CH-]N(I)C(C)=N1.[W+2]. The van der Waals surface area contributed by atoms with Gasteiger partial charge in [0.15, 0.2) is 0 Å². The van der Waals surface area contributed by atoms with Gasteiger partial charge < -0.3 is 15.0 Å². The van der Waals surface area contributed by atoms with E-state index in [1.165, 1.54) is 0 Å². The summed E-state index contributed by atoms with van der Waals surface area (Å²) in [6.45, 7) is 7.93. The van der Waals surface area contributed by atoms with Crippen LogP contribution >= 0.6 is 22.9 Å². The quantitative estimate of drug-likeness (QED) is 0.370. The van der Waals surface area contributed by atoms with Crippen molar-refractivity contribution in [2.24, 2.45) is 4.99 Å². The summed E-state index contributed by atoms with van der Waals surface area (Å²) in [5, 5.41) is 0. The van der Waals surface area contributed by atoms with Crippen LogP contribution in [0.25, 0.3) is 0 Å². The molecule has 0 bridgehead atoms. The Morgan fingerprint density at radius 3 is 2.82 bits per heavy atom. The maximum Gasteiger partial charge on any atom is 2.00 e. The van der Waals surface area contributed by atoms with Gasteiger partial charge in [-0.2, -0.15) is 6.42 Å². The van der Waals surface area contributed by atoms with Crippen molar-refractivity contribution < 1.29 is 21.1 Å². The molecule has 1 rings (SSSR count). The zero-order valence-corrected chi connectivity index (χ0v) is 11.5. The van der Waals surface area contributed by atoms with E-state index in [2.05, 4.69) is 41.3 Å². The van der Waals surface area contributed by atoms with Crippen LogP contribution in [0.5, 0.6) is 0 Å². The van der Waals surface area contributed by atoms with Crippen LogP contribution in [0.4, 0.5) is 0 Å². The molecule has 0 saturated heterocycles. The maximum absolute atomic E-state index is 4.40. The molecule has 11 heavy (non-hydrogen) atoms. The van der Waals surface area contributed by atoms with E-state index in [0.717, 1.165) is 18.7 Å². The molecule has 0 N–H and O–H groups in total. The molecule has 4 heteroatoms. The van der Waals surface area contributed by atoms with Gasteiger partial charge in [-0.3, -0.25) is 0 Å². The van der Waals surface area contributed by atoms with E-state index >= 15 is 0 Å². The van der Waals surface area contributed by atoms with Gasteiger partial charge in [0, 0.05) is 22.9 Å². The fraction of sp³-hybridized carbons (Fsp3) is 0.571. The standard InChI is InChI=1S/C7H11IN2.W/c1-3-4-7-5-10(8)6(2)9-7;/h5,7H,1,3-4H2,2H3;/q-2;+2. The third-order valence-electron chi connectivity index (χ3n) is 1.46. The molecule has 1 atom stereocenters. The van der Waals surface area contributed by atoms with E-state index in [4.69, 9.17) is 0 Å². The smallest absolute Gasteiger partial charge is 0.454 e. The number of hydrogen-bond acceptors (Lipinski definition) is 2. The third-order valence-corrected chi connectivity index (χ3v) is 2.48. The summed E-state index contributed by atoms with van der Waals surface area (Å²) < 4.78 is 2.04. The molecule has 0 saturated carbocycles. The van der Waals surface area contributed by atoms with Gasteiger partial charge in [0.05, 0.1) is 5.84 Å². The van der Waals surface area contributed by atoms with Gasteiger partial charge in [0.1, 0.15) is 0 Å². The number of halogens is 1. The predicted octanol–water partition coefficient (Wildman–Crippen LogP) is 2.21. The molecular weight excluding hydrogens is 423 g/mol. The van der Waals surface area contributed by atoms with Gasteiger partial charge in [-0.15, -0.1) is 0 Å². The number of aliphatic imine (C=N–C) groups is 1. The molecule has 0 aromatic heterocycles. The minimum Gasteiger partial charge on any atom is -0.454 e. The van der Waals surface area contributed by atoms with Gasteiger partial charge >= 0.3 is 21.1 Å². The predicted molar refractivity (Wildman–Crippen MR) is 51.6 cm³/mol. The van der Waals surface area contributed by atoms with Crippen LogP contribution in [0.3, 0.4) is 0 Å². The van der Waals surface area contributed by atoms with Crippen LogP contribution in [-0.4, -0.2) is 15.0 Å². The topological polar surface area (TPSA) is 15.6 Å². The van der Waals surface area contributed by atoms with Crippen LogP contribution in [0.15, 0.2) is 4.99 Å². The molecule has 62 valence electrons. The fourth-order valence-corrected chi connectivity index (χ4v) is 1.43. The molecule has 0 aliphatic carbocycles. The van der Waals surface area contributed by atoms with Crippen LogP contribution in [0.1, 0.15) is 19.8 Å². The zero-order valence-electron chi connectivity index (χ0n) is 6.46. The van der Waals surface area contributed by atoms with Crippen LogP contribution in [0, 0.1) is 13.5 Å². The van der Waals surface area contributed by atoms with E-state index in [1.54, 1.807) is 0 Å². The van der Waals surface area contributed by atoms with Crippen molar-refractivity contribution in [1.82, 2.24) is 3.11 Å². The van der Waals surface area contributed by atoms with Crippen LogP contribution in [0.2, 0.25) is 0 Å². The summed E-state index contributed by atoms with van der Waals surface area (Å²) >= 11 is 2.24. The molecule has 1 aliphatic heterocycles. The van der Waals surface area contributed by atoms with Gasteiger partial charge in [0.2, 0.25) is 0 Å². The molecule has 1 heterocycles. The van der Waals surface area contributed by atoms with Crippen LogP contribution < -0.4 is 0 Å². The molecule has 1 unspecified atom stereocenters. The van der Waals surface area contributed by atoms with Crippen molar-refractivity contribution in [1.29, 1.82) is 0 Å². The van der Waals surface area contributed by atoms with Gasteiger partial charge in [-0.25, -0.2) is 6.54 Å². The first-order chi connectivity index (χ1) is 4.74. The molecule has 0 spiro atoms. The van der Waals surface area contributed by atoms with Crippen molar-refractivity contribution in [2.75, 3.05) is 0 Å². The molecule has 0 aromatic carbocycles. The molecule has 0 amide bonds. The monoisotopic (exact) mass is 434 g/mol. The number of amidine groups is 1. The Kier molecular flexibility index (Phi) is 5.97. The summed E-state index contributed by atoms with van der Waals surface area (Å²) in [6, 6.07) is 0.384. The molecule has 2 nitrogen and oxygen atoms in total. The summed E-state index contributed by atoms with van der Waals surface area (Å²) in [5.74, 6) is 1.10. The fourth-order valence-electron chi connectivity index (χ4n) is 0.936. The Balaban J connectivity index is 0.000001000. The van der Waals surface area contributed by atoms with Crippen molar-refractivity contribution in [3.63, 3.8) is 0 Å². The average Bonchev–Trinajstić information content (AvgIpc) is 2.14. The molecule has 0 aromatic rings. The van der Waals surface area contributed by atoms with E-state index in [-0.39, 0.29) is 21.1 Å². The van der Waals surface area contributed by atoms with Crippen LogP contribution in [-0.2, 0) is 21.1 Å². The van der Waals surface area contributed by atoms with Gasteiger partial charge in [-0.1, -0.05) is 12.5 Å². The molecule has 0 radical (unpaired) electrons. The minimum absolute atomic E-state index is 0. The van der Waals surface area contributed by atoms with Gasteiger partial charge in [-0.05, 0) is 6.92 Å². The van der Waals surface area contributed by atoms with E-state index in [0.29, 0.717) is 6.04 Å². The first kappa shape index (κ1) is 11.9. The first-order valence-electron chi connectivity index (χ1n) is 3.37. The summed E-state index contributed by atoms with van der Waals surface area (Å²) in [5.41, 5.74) is 0. The van der Waals surface area contributed by atoms with Gasteiger partial charge in [0.25, 0.3) is 0 Å². The number of nitrogens with zero attached hydrogens (tertiary/aromatic N) is 2. The average molecular weight is 434 g/mol. The zero-order chi connectivity index (χ0) is 7.56. The Morgan fingerprint density at radius 1 is 1.82 bits per heavy atom. The second-order valence-electron chi connectivity index (χ2n) is 2.35. The van der Waals surface area contributed by atoms with Crippen molar-refractivity contribution in [3.05, 3.63) is 13.5 Å². The summed E-state index contributed by atoms with van der Waals surface area (Å²) in [6.07, 6.45) is 2.03. The second kappa shape index (κ2) is 5.52. The molecular formula is C7H11IN2W. The Bertz CT molecular complexity index is 149. The summed E-state index contributed by atoms with van der Waals surface area (Å²) in [7, 11) is 0. The maximum atomic E-state index is 4.40. The minimum atomic E-state index is 0. The molecule has 0 fully saturated rings. The van der Waals surface area contributed by atoms with E-state index in [1.807, 2.05) is 10.0 Å². The third kappa shape index (κ3) is 3.41. The largest absolute Gasteiger partial charge is 2.00 e. The van der Waals surface area contributed by atoms with Crippen molar-refractivity contribution in [2.45, 2.75) is 25.8 Å². The Hall–Kier alpha value is 0.888. The molecule has 1 aliphatic rings. The number of hydrogen-bond donors (Lipinski definition) is 0. The van der Waals surface area contributed by atoms with E-state index in [9.17, 15) is 0 Å². The first-order valence-corrected chi connectivity index (χ1v) is 4.34. The van der Waals surface area contributed by atoms with Crippen molar-refractivity contribution in [3.8, 4) is 0 Å². The Morgan fingerprint density at radius 2 is 2.45 bits per heavy atom. The van der Waals surface area contributed by atoms with Crippen molar-refractivity contribution >= 4 is 28.7 Å².